The molecule has 2 aliphatic heterocycles. The predicted molar refractivity (Wildman–Crippen MR) is 87.6 cm³/mol. The molecule has 2 saturated heterocycles. The molecule has 120 valence electrons. The molecule has 0 aromatic carbocycles. The van der Waals surface area contributed by atoms with Gasteiger partial charge in [0.2, 0.25) is 5.91 Å². The summed E-state index contributed by atoms with van der Waals surface area (Å²) in [5.74, 6) is 0.332. The monoisotopic (exact) mass is 301 g/mol. The van der Waals surface area contributed by atoms with Gasteiger partial charge in [-0.2, -0.15) is 0 Å². The minimum atomic E-state index is 0.332. The highest BCUT2D eigenvalue weighted by Gasteiger charge is 2.38. The van der Waals surface area contributed by atoms with E-state index in [-0.39, 0.29) is 0 Å². The zero-order valence-corrected chi connectivity index (χ0v) is 13.6. The van der Waals surface area contributed by atoms with Gasteiger partial charge in [-0.15, -0.1) is 0 Å². The minimum Gasteiger partial charge on any atom is -0.338 e. The lowest BCUT2D eigenvalue weighted by Gasteiger charge is -2.35. The van der Waals surface area contributed by atoms with Crippen molar-refractivity contribution in [3.8, 4) is 0 Å². The fraction of sp³-hybridized carbons (Fsp3) is 0.667. The van der Waals surface area contributed by atoms with E-state index in [9.17, 15) is 4.79 Å². The Morgan fingerprint density at radius 2 is 2.05 bits per heavy atom. The summed E-state index contributed by atoms with van der Waals surface area (Å²) in [6.07, 6.45) is 8.35. The van der Waals surface area contributed by atoms with Gasteiger partial charge in [-0.3, -0.25) is 14.7 Å². The lowest BCUT2D eigenvalue weighted by molar-refractivity contribution is -0.132. The third-order valence-corrected chi connectivity index (χ3v) is 5.16. The molecular formula is C18H27N3O. The second-order valence-electron chi connectivity index (χ2n) is 6.47. The standard InChI is InChI=1S/C18H27N3O/c1-2-18(22)21-13-6-9-17(21)16-8-5-12-20(16)14-10-15-7-3-4-11-19-15/h3-4,7,11,16-17H,2,5-6,8-10,12-14H2,1H3/t16-,17+/m0/s1. The van der Waals surface area contributed by atoms with Crippen molar-refractivity contribution in [1.29, 1.82) is 0 Å². The highest BCUT2D eigenvalue weighted by Crippen LogP contribution is 2.30. The molecule has 1 aromatic rings. The van der Waals surface area contributed by atoms with Gasteiger partial charge >= 0.3 is 0 Å². The smallest absolute Gasteiger partial charge is 0.222 e. The molecule has 0 saturated carbocycles. The van der Waals surface area contributed by atoms with Crippen molar-refractivity contribution >= 4 is 5.91 Å². The van der Waals surface area contributed by atoms with Crippen LogP contribution in [0.4, 0.5) is 0 Å². The van der Waals surface area contributed by atoms with E-state index in [1.54, 1.807) is 0 Å². The van der Waals surface area contributed by atoms with Gasteiger partial charge in [-0.25, -0.2) is 0 Å². The van der Waals surface area contributed by atoms with Crippen LogP contribution in [-0.4, -0.2) is 52.4 Å². The van der Waals surface area contributed by atoms with E-state index < -0.39 is 0 Å². The first-order valence-electron chi connectivity index (χ1n) is 8.73. The number of carbonyl (C=O) groups is 1. The van der Waals surface area contributed by atoms with Crippen LogP contribution in [0.25, 0.3) is 0 Å². The number of carbonyl (C=O) groups excluding carboxylic acids is 1. The van der Waals surface area contributed by atoms with Crippen molar-refractivity contribution in [2.75, 3.05) is 19.6 Å². The van der Waals surface area contributed by atoms with Crippen LogP contribution in [0.5, 0.6) is 0 Å². The number of pyridine rings is 1. The molecule has 0 aliphatic carbocycles. The lowest BCUT2D eigenvalue weighted by Crippen LogP contribution is -2.48. The van der Waals surface area contributed by atoms with Gasteiger partial charge in [-0.05, 0) is 44.4 Å². The molecule has 22 heavy (non-hydrogen) atoms. The van der Waals surface area contributed by atoms with E-state index in [0.717, 1.165) is 19.5 Å². The SMILES string of the molecule is CCC(=O)N1CCC[C@@H]1[C@@H]1CCCN1CCc1ccccn1. The second kappa shape index (κ2) is 7.23. The number of hydrogen-bond acceptors (Lipinski definition) is 3. The molecule has 0 spiro atoms. The molecule has 4 nitrogen and oxygen atoms in total. The van der Waals surface area contributed by atoms with Gasteiger partial charge in [0.25, 0.3) is 0 Å². The Balaban J connectivity index is 1.61. The van der Waals surface area contributed by atoms with Crippen molar-refractivity contribution < 1.29 is 4.79 Å². The van der Waals surface area contributed by atoms with Gasteiger partial charge in [-0.1, -0.05) is 13.0 Å². The molecule has 2 fully saturated rings. The van der Waals surface area contributed by atoms with Crippen molar-refractivity contribution in [2.45, 2.75) is 57.5 Å². The Labute approximate surface area is 133 Å². The fourth-order valence-electron chi connectivity index (χ4n) is 4.07. The first-order valence-corrected chi connectivity index (χ1v) is 8.73. The Morgan fingerprint density at radius 1 is 1.23 bits per heavy atom. The van der Waals surface area contributed by atoms with Crippen LogP contribution in [0.3, 0.4) is 0 Å². The van der Waals surface area contributed by atoms with E-state index in [0.29, 0.717) is 24.4 Å². The Kier molecular flexibility index (Phi) is 5.08. The molecule has 0 radical (unpaired) electrons. The summed E-state index contributed by atoms with van der Waals surface area (Å²) < 4.78 is 0. The van der Waals surface area contributed by atoms with Crippen LogP contribution in [0.15, 0.2) is 24.4 Å². The third kappa shape index (κ3) is 3.32. The minimum absolute atomic E-state index is 0.332. The van der Waals surface area contributed by atoms with Crippen LogP contribution >= 0.6 is 0 Å². The molecule has 3 heterocycles. The molecular weight excluding hydrogens is 274 g/mol. The maximum absolute atomic E-state index is 12.2. The normalized spacial score (nSPS) is 25.8. The molecule has 0 unspecified atom stereocenters. The van der Waals surface area contributed by atoms with Crippen molar-refractivity contribution in [3.63, 3.8) is 0 Å². The Bertz CT molecular complexity index is 490. The topological polar surface area (TPSA) is 36.4 Å². The number of nitrogens with zero attached hydrogens (tertiary/aromatic N) is 3. The van der Waals surface area contributed by atoms with E-state index in [4.69, 9.17) is 0 Å². The lowest BCUT2D eigenvalue weighted by atomic mass is 10.0. The molecule has 1 aromatic heterocycles. The predicted octanol–water partition coefficient (Wildman–Crippen LogP) is 2.49. The molecule has 0 N–H and O–H groups in total. The van der Waals surface area contributed by atoms with Crippen molar-refractivity contribution in [2.24, 2.45) is 0 Å². The average Bonchev–Trinajstić information content (AvgIpc) is 3.21. The quantitative estimate of drug-likeness (QED) is 0.838. The third-order valence-electron chi connectivity index (χ3n) is 5.16. The Hall–Kier alpha value is -1.42. The molecule has 4 heteroatoms. The second-order valence-corrected chi connectivity index (χ2v) is 6.47. The molecule has 1 amide bonds. The summed E-state index contributed by atoms with van der Waals surface area (Å²) in [5.41, 5.74) is 1.17. The van der Waals surface area contributed by atoms with Gasteiger partial charge in [0.15, 0.2) is 0 Å². The number of hydrogen-bond donors (Lipinski definition) is 0. The Morgan fingerprint density at radius 3 is 2.82 bits per heavy atom. The zero-order valence-electron chi connectivity index (χ0n) is 13.6. The number of rotatable bonds is 5. The number of amides is 1. The van der Waals surface area contributed by atoms with Gasteiger partial charge < -0.3 is 4.90 Å². The van der Waals surface area contributed by atoms with E-state index >= 15 is 0 Å². The maximum Gasteiger partial charge on any atom is 0.222 e. The van der Waals surface area contributed by atoms with Crippen LogP contribution in [-0.2, 0) is 11.2 Å². The van der Waals surface area contributed by atoms with Crippen LogP contribution in [0, 0.1) is 0 Å². The van der Waals surface area contributed by atoms with Crippen LogP contribution in [0.1, 0.15) is 44.7 Å². The number of aromatic nitrogens is 1. The summed E-state index contributed by atoms with van der Waals surface area (Å²) in [7, 11) is 0. The van der Waals surface area contributed by atoms with Crippen LogP contribution < -0.4 is 0 Å². The van der Waals surface area contributed by atoms with Crippen molar-refractivity contribution in [3.05, 3.63) is 30.1 Å². The summed E-state index contributed by atoms with van der Waals surface area (Å²) in [5, 5.41) is 0. The largest absolute Gasteiger partial charge is 0.338 e. The first kappa shape index (κ1) is 15.5. The van der Waals surface area contributed by atoms with Gasteiger partial charge in [0, 0.05) is 49.9 Å². The zero-order chi connectivity index (χ0) is 15.4. The number of likely N-dealkylation sites (tertiary alicyclic amines) is 2. The highest BCUT2D eigenvalue weighted by molar-refractivity contribution is 5.76. The van der Waals surface area contributed by atoms with Gasteiger partial charge in [0.05, 0.1) is 0 Å². The molecule has 3 rings (SSSR count). The maximum atomic E-state index is 12.2. The molecule has 0 bridgehead atoms. The van der Waals surface area contributed by atoms with E-state index in [1.165, 1.54) is 37.9 Å². The summed E-state index contributed by atoms with van der Waals surface area (Å²) in [6.45, 7) is 5.17. The van der Waals surface area contributed by atoms with E-state index in [1.807, 2.05) is 19.2 Å². The van der Waals surface area contributed by atoms with E-state index in [2.05, 4.69) is 26.9 Å². The summed E-state index contributed by atoms with van der Waals surface area (Å²) in [6, 6.07) is 7.13. The summed E-state index contributed by atoms with van der Waals surface area (Å²) in [4.78, 5) is 21.3. The first-order chi connectivity index (χ1) is 10.8. The highest BCUT2D eigenvalue weighted by atomic mass is 16.2. The fourth-order valence-corrected chi connectivity index (χ4v) is 4.07. The average molecular weight is 301 g/mol. The van der Waals surface area contributed by atoms with Gasteiger partial charge in [0.1, 0.15) is 0 Å². The van der Waals surface area contributed by atoms with Crippen LogP contribution in [0.2, 0.25) is 0 Å². The van der Waals surface area contributed by atoms with Crippen molar-refractivity contribution in [1.82, 2.24) is 14.8 Å². The molecule has 2 aliphatic rings. The summed E-state index contributed by atoms with van der Waals surface area (Å²) >= 11 is 0. The molecule has 2 atom stereocenters.